The van der Waals surface area contributed by atoms with Crippen LogP contribution in [0.15, 0.2) is 18.3 Å². The minimum Gasteiger partial charge on any atom is -0.447 e. The molecule has 3 heterocycles. The van der Waals surface area contributed by atoms with Gasteiger partial charge in [-0.25, -0.2) is 4.79 Å². The maximum Gasteiger partial charge on any atom is 0.410 e. The zero-order valence-corrected chi connectivity index (χ0v) is 13.1. The summed E-state index contributed by atoms with van der Waals surface area (Å²) < 4.78 is 5.21. The molecule has 5 nitrogen and oxygen atoms in total. The third-order valence-corrected chi connectivity index (χ3v) is 4.82. The Balaban J connectivity index is 1.77. The van der Waals surface area contributed by atoms with Crippen molar-refractivity contribution in [1.82, 2.24) is 14.8 Å². The number of carbonyl (C=O) groups is 1. The minimum absolute atomic E-state index is 0.168. The quantitative estimate of drug-likeness (QED) is 0.945. The van der Waals surface area contributed by atoms with E-state index in [2.05, 4.69) is 42.3 Å². The third-order valence-electron chi connectivity index (χ3n) is 4.82. The molecule has 1 aromatic heterocycles. The summed E-state index contributed by atoms with van der Waals surface area (Å²) in [6, 6.07) is 4.58. The number of nitrogens with one attached hydrogen (secondary N) is 1. The number of amides is 1. The van der Waals surface area contributed by atoms with Gasteiger partial charge in [0.1, 0.15) is 6.61 Å². The van der Waals surface area contributed by atoms with Gasteiger partial charge in [0, 0.05) is 23.6 Å². The van der Waals surface area contributed by atoms with Crippen LogP contribution in [0.3, 0.4) is 0 Å². The lowest BCUT2D eigenvalue weighted by Crippen LogP contribution is -2.38. The lowest BCUT2D eigenvalue weighted by Gasteiger charge is -2.29. The molecule has 116 valence electrons. The summed E-state index contributed by atoms with van der Waals surface area (Å²) in [6.07, 6.45) is 3.85. The van der Waals surface area contributed by atoms with E-state index < -0.39 is 0 Å². The second-order valence-corrected chi connectivity index (χ2v) is 6.56. The molecule has 5 heteroatoms. The lowest BCUT2D eigenvalue weighted by atomic mass is 9.91. The number of fused-ring (bicyclic) bond motifs is 4. The van der Waals surface area contributed by atoms with Crippen LogP contribution < -0.4 is 0 Å². The number of aromatic nitrogens is 1. The molecule has 0 aliphatic carbocycles. The number of aromatic amines is 1. The second-order valence-electron chi connectivity index (χ2n) is 6.56. The van der Waals surface area contributed by atoms with Crippen LogP contribution in [0.1, 0.15) is 16.7 Å². The topological polar surface area (TPSA) is 48.6 Å². The van der Waals surface area contributed by atoms with Gasteiger partial charge in [0.25, 0.3) is 0 Å². The van der Waals surface area contributed by atoms with Gasteiger partial charge in [0.2, 0.25) is 0 Å². The van der Waals surface area contributed by atoms with Gasteiger partial charge in [-0.2, -0.15) is 0 Å². The van der Waals surface area contributed by atoms with Crippen LogP contribution in [0.4, 0.5) is 4.79 Å². The Morgan fingerprint density at radius 2 is 2.27 bits per heavy atom. The monoisotopic (exact) mass is 299 g/mol. The summed E-state index contributed by atoms with van der Waals surface area (Å²) in [5.74, 6) is 0. The number of likely N-dealkylation sites (N-methyl/N-ethyl adjacent to an activating group) is 1. The summed E-state index contributed by atoms with van der Waals surface area (Å²) in [5.41, 5.74) is 5.16. The summed E-state index contributed by atoms with van der Waals surface area (Å²) >= 11 is 0. The highest BCUT2D eigenvalue weighted by Gasteiger charge is 2.37. The minimum atomic E-state index is -0.168. The molecule has 1 amide bonds. The number of hydrogen-bond acceptors (Lipinski definition) is 3. The maximum atomic E-state index is 11.9. The van der Waals surface area contributed by atoms with E-state index in [1.54, 1.807) is 0 Å². The third kappa shape index (κ3) is 2.08. The maximum absolute atomic E-state index is 11.9. The van der Waals surface area contributed by atoms with E-state index in [0.717, 1.165) is 19.4 Å². The Kier molecular flexibility index (Phi) is 3.11. The van der Waals surface area contributed by atoms with Crippen LogP contribution in [0.2, 0.25) is 0 Å². The fourth-order valence-electron chi connectivity index (χ4n) is 3.60. The number of cyclic esters (lactones) is 1. The van der Waals surface area contributed by atoms with Crippen LogP contribution in [-0.4, -0.2) is 54.2 Å². The second kappa shape index (κ2) is 5.02. The smallest absolute Gasteiger partial charge is 0.410 e. The number of rotatable bonds is 3. The Bertz CT molecular complexity index is 735. The van der Waals surface area contributed by atoms with Crippen molar-refractivity contribution in [2.45, 2.75) is 25.4 Å². The van der Waals surface area contributed by atoms with Crippen LogP contribution in [0, 0.1) is 0 Å². The average molecular weight is 299 g/mol. The van der Waals surface area contributed by atoms with E-state index in [-0.39, 0.29) is 12.1 Å². The van der Waals surface area contributed by atoms with Crippen molar-refractivity contribution >= 4 is 17.0 Å². The number of nitrogens with zero attached hydrogens (tertiary/aromatic N) is 2. The first kappa shape index (κ1) is 13.6. The molecule has 2 aliphatic heterocycles. The number of hydrogen-bond donors (Lipinski definition) is 1. The molecule has 1 saturated heterocycles. The number of ether oxygens (including phenoxy) is 1. The van der Waals surface area contributed by atoms with Crippen molar-refractivity contribution in [2.75, 3.05) is 27.2 Å². The van der Waals surface area contributed by atoms with E-state index in [0.29, 0.717) is 13.2 Å². The van der Waals surface area contributed by atoms with Gasteiger partial charge in [-0.3, -0.25) is 4.90 Å². The van der Waals surface area contributed by atoms with Crippen molar-refractivity contribution in [3.8, 4) is 0 Å². The van der Waals surface area contributed by atoms with E-state index in [4.69, 9.17) is 4.74 Å². The highest BCUT2D eigenvalue weighted by molar-refractivity contribution is 5.88. The molecule has 0 saturated carbocycles. The van der Waals surface area contributed by atoms with E-state index in [9.17, 15) is 4.79 Å². The zero-order valence-electron chi connectivity index (χ0n) is 13.1. The van der Waals surface area contributed by atoms with E-state index >= 15 is 0 Å². The number of benzene rings is 1. The van der Waals surface area contributed by atoms with Crippen molar-refractivity contribution in [3.05, 3.63) is 35.0 Å². The Hall–Kier alpha value is -2.01. The first-order chi connectivity index (χ1) is 10.6. The molecular formula is C17H21N3O2. The van der Waals surface area contributed by atoms with Crippen LogP contribution in [0.25, 0.3) is 10.9 Å². The lowest BCUT2D eigenvalue weighted by molar-refractivity contribution is 0.155. The molecule has 22 heavy (non-hydrogen) atoms. The fraction of sp³-hybridized carbons (Fsp3) is 0.471. The van der Waals surface area contributed by atoms with Gasteiger partial charge in [-0.05, 0) is 49.7 Å². The average Bonchev–Trinajstić information content (AvgIpc) is 3.07. The molecule has 0 radical (unpaired) electrons. The van der Waals surface area contributed by atoms with Crippen molar-refractivity contribution < 1.29 is 9.53 Å². The normalized spacial score (nSPS) is 20.4. The predicted molar refractivity (Wildman–Crippen MR) is 84.9 cm³/mol. The first-order valence-electron chi connectivity index (χ1n) is 7.82. The largest absolute Gasteiger partial charge is 0.447 e. The zero-order chi connectivity index (χ0) is 15.3. The van der Waals surface area contributed by atoms with Gasteiger partial charge < -0.3 is 14.6 Å². The molecule has 1 fully saturated rings. The number of H-pyrrole nitrogens is 1. The van der Waals surface area contributed by atoms with Gasteiger partial charge in [0.05, 0.1) is 12.6 Å². The molecule has 2 aliphatic rings. The molecule has 0 bridgehead atoms. The van der Waals surface area contributed by atoms with Gasteiger partial charge in [0.15, 0.2) is 0 Å². The summed E-state index contributed by atoms with van der Waals surface area (Å²) in [6.45, 7) is 2.21. The van der Waals surface area contributed by atoms with Gasteiger partial charge >= 0.3 is 6.09 Å². The van der Waals surface area contributed by atoms with Crippen molar-refractivity contribution in [3.63, 3.8) is 0 Å². The summed E-state index contributed by atoms with van der Waals surface area (Å²) in [5, 5.41) is 1.30. The summed E-state index contributed by atoms with van der Waals surface area (Å²) in [4.78, 5) is 19.3. The molecule has 1 N–H and O–H groups in total. The molecule has 0 spiro atoms. The van der Waals surface area contributed by atoms with E-state index in [1.807, 2.05) is 4.90 Å². The van der Waals surface area contributed by atoms with E-state index in [1.165, 1.54) is 27.6 Å². The van der Waals surface area contributed by atoms with Gasteiger partial charge in [-0.15, -0.1) is 0 Å². The molecular weight excluding hydrogens is 278 g/mol. The molecule has 1 atom stereocenters. The van der Waals surface area contributed by atoms with Crippen molar-refractivity contribution in [1.29, 1.82) is 0 Å². The molecule has 4 rings (SSSR count). The predicted octanol–water partition coefficient (Wildman–Crippen LogP) is 2.15. The SMILES string of the molecule is CN(C)CCc1c[nH]c2ccc3c(c12)CN1C(=O)OC[C@@H]1C3. The molecule has 0 unspecified atom stereocenters. The Morgan fingerprint density at radius 3 is 3.09 bits per heavy atom. The first-order valence-corrected chi connectivity index (χ1v) is 7.82. The standard InChI is InChI=1S/C17H21N3O2/c1-19(2)6-5-12-8-18-15-4-3-11-7-13-10-22-17(21)20(13)9-14(11)16(12)15/h3-4,8,13,18H,5-7,9-10H2,1-2H3/t13-/m0/s1. The van der Waals surface area contributed by atoms with Crippen LogP contribution >= 0.6 is 0 Å². The highest BCUT2D eigenvalue weighted by Crippen LogP contribution is 2.34. The molecule has 1 aromatic carbocycles. The van der Waals surface area contributed by atoms with Crippen LogP contribution in [-0.2, 0) is 24.1 Å². The fourth-order valence-corrected chi connectivity index (χ4v) is 3.60. The Morgan fingerprint density at radius 1 is 1.41 bits per heavy atom. The van der Waals surface area contributed by atoms with Gasteiger partial charge in [-0.1, -0.05) is 6.07 Å². The number of carbonyl (C=O) groups excluding carboxylic acids is 1. The Labute approximate surface area is 129 Å². The van der Waals surface area contributed by atoms with Crippen LogP contribution in [0.5, 0.6) is 0 Å². The summed E-state index contributed by atoms with van der Waals surface area (Å²) in [7, 11) is 4.18. The van der Waals surface area contributed by atoms with Crippen molar-refractivity contribution in [2.24, 2.45) is 0 Å². The highest BCUT2D eigenvalue weighted by atomic mass is 16.6. The molecule has 2 aromatic rings.